The number of hydrogen-bond acceptors (Lipinski definition) is 3. The Balaban J connectivity index is 1.88. The van der Waals surface area contributed by atoms with Crippen LogP contribution in [0, 0.1) is 0 Å². The lowest BCUT2D eigenvalue weighted by Gasteiger charge is -2.19. The van der Waals surface area contributed by atoms with Crippen molar-refractivity contribution in [1.29, 1.82) is 0 Å². The summed E-state index contributed by atoms with van der Waals surface area (Å²) in [6.07, 6.45) is 1.76. The molecule has 1 heterocycles. The lowest BCUT2D eigenvalue weighted by atomic mass is 10.1. The summed E-state index contributed by atoms with van der Waals surface area (Å²) in [4.78, 5) is 13.7. The Hall–Kier alpha value is -1.55. The van der Waals surface area contributed by atoms with Crippen LogP contribution < -0.4 is 5.73 Å². The molecule has 1 amide bonds. The first-order valence-corrected chi connectivity index (χ1v) is 6.31. The largest absolute Gasteiger partial charge is 0.399 e. The van der Waals surface area contributed by atoms with E-state index in [1.165, 1.54) is 0 Å². The maximum atomic E-state index is 12.0. The third-order valence-electron chi connectivity index (χ3n) is 3.47. The highest BCUT2D eigenvalue weighted by Gasteiger charge is 2.33. The number of aliphatic hydroxyl groups is 1. The molecule has 1 saturated heterocycles. The predicted octanol–water partition coefficient (Wildman–Crippen LogP) is 1.18. The summed E-state index contributed by atoms with van der Waals surface area (Å²) in [5.74, 6) is 0.0935. The Morgan fingerprint density at radius 2 is 2.22 bits per heavy atom. The molecule has 4 heteroatoms. The van der Waals surface area contributed by atoms with E-state index in [-0.39, 0.29) is 5.91 Å². The van der Waals surface area contributed by atoms with Gasteiger partial charge in [-0.25, -0.2) is 0 Å². The van der Waals surface area contributed by atoms with Gasteiger partial charge in [0.25, 0.3) is 0 Å². The average Bonchev–Trinajstić information content (AvgIpc) is 2.68. The molecule has 1 fully saturated rings. The van der Waals surface area contributed by atoms with Crippen molar-refractivity contribution in [3.8, 4) is 0 Å². The van der Waals surface area contributed by atoms with Gasteiger partial charge < -0.3 is 15.7 Å². The molecule has 1 aliphatic rings. The number of carbonyl (C=O) groups excluding carboxylic acids is 1. The lowest BCUT2D eigenvalue weighted by Crippen LogP contribution is -2.34. The number of amides is 1. The molecular weight excluding hydrogens is 228 g/mol. The monoisotopic (exact) mass is 248 g/mol. The van der Waals surface area contributed by atoms with Gasteiger partial charge in [0, 0.05) is 25.2 Å². The van der Waals surface area contributed by atoms with E-state index < -0.39 is 5.60 Å². The van der Waals surface area contributed by atoms with Crippen molar-refractivity contribution in [2.24, 2.45) is 0 Å². The molecular formula is C14H20N2O2. The Kier molecular flexibility index (Phi) is 3.57. The summed E-state index contributed by atoms with van der Waals surface area (Å²) in [6, 6.07) is 7.61. The van der Waals surface area contributed by atoms with Crippen molar-refractivity contribution in [1.82, 2.24) is 4.90 Å². The van der Waals surface area contributed by atoms with E-state index >= 15 is 0 Å². The Morgan fingerprint density at radius 1 is 1.50 bits per heavy atom. The predicted molar refractivity (Wildman–Crippen MR) is 71.0 cm³/mol. The number of β-amino-alcohol motifs (C(OH)–C–C–N with tert-alkyl or cyclic N) is 1. The first-order chi connectivity index (χ1) is 8.48. The Morgan fingerprint density at radius 3 is 2.83 bits per heavy atom. The minimum atomic E-state index is -0.721. The second-order valence-electron chi connectivity index (χ2n) is 5.26. The molecule has 1 unspecified atom stereocenters. The van der Waals surface area contributed by atoms with Crippen LogP contribution in [0.3, 0.4) is 0 Å². The van der Waals surface area contributed by atoms with Crippen LogP contribution >= 0.6 is 0 Å². The summed E-state index contributed by atoms with van der Waals surface area (Å²) in [5, 5.41) is 9.83. The molecule has 18 heavy (non-hydrogen) atoms. The van der Waals surface area contributed by atoms with Crippen LogP contribution in [0.15, 0.2) is 24.3 Å². The topological polar surface area (TPSA) is 66.6 Å². The molecule has 0 saturated carbocycles. The van der Waals surface area contributed by atoms with Gasteiger partial charge in [-0.2, -0.15) is 0 Å². The number of nitrogens with two attached hydrogens (primary N) is 1. The fourth-order valence-corrected chi connectivity index (χ4v) is 2.32. The third-order valence-corrected chi connectivity index (χ3v) is 3.47. The minimum absolute atomic E-state index is 0.0935. The van der Waals surface area contributed by atoms with Crippen LogP contribution in [0.5, 0.6) is 0 Å². The van der Waals surface area contributed by atoms with Gasteiger partial charge in [0.2, 0.25) is 5.91 Å². The van der Waals surface area contributed by atoms with Crippen molar-refractivity contribution in [2.75, 3.05) is 18.8 Å². The maximum Gasteiger partial charge on any atom is 0.223 e. The average molecular weight is 248 g/mol. The second-order valence-corrected chi connectivity index (χ2v) is 5.26. The minimum Gasteiger partial charge on any atom is -0.399 e. The van der Waals surface area contributed by atoms with E-state index in [2.05, 4.69) is 0 Å². The standard InChI is InChI=1S/C14H20N2O2/c1-14(18)8-9-16(10-14)13(17)7-6-11-4-2-3-5-12(11)15/h2-5,18H,6-10,15H2,1H3. The first kappa shape index (κ1) is 12.9. The third kappa shape index (κ3) is 3.01. The molecule has 0 spiro atoms. The van der Waals surface area contributed by atoms with Crippen molar-refractivity contribution < 1.29 is 9.90 Å². The number of para-hydroxylation sites is 1. The lowest BCUT2D eigenvalue weighted by molar-refractivity contribution is -0.131. The second kappa shape index (κ2) is 4.98. The van der Waals surface area contributed by atoms with Crippen molar-refractivity contribution in [2.45, 2.75) is 31.8 Å². The van der Waals surface area contributed by atoms with Gasteiger partial charge in [-0.1, -0.05) is 18.2 Å². The summed E-state index contributed by atoms with van der Waals surface area (Å²) in [5.41, 5.74) is 6.86. The van der Waals surface area contributed by atoms with Crippen LogP contribution in [0.1, 0.15) is 25.3 Å². The molecule has 0 bridgehead atoms. The molecule has 2 rings (SSSR count). The van der Waals surface area contributed by atoms with Gasteiger partial charge in [0.15, 0.2) is 0 Å². The van der Waals surface area contributed by atoms with Gasteiger partial charge in [-0.15, -0.1) is 0 Å². The quantitative estimate of drug-likeness (QED) is 0.789. The molecule has 4 nitrogen and oxygen atoms in total. The molecule has 0 radical (unpaired) electrons. The van der Waals surface area contributed by atoms with Crippen molar-refractivity contribution >= 4 is 11.6 Å². The van der Waals surface area contributed by atoms with Crippen molar-refractivity contribution in [3.63, 3.8) is 0 Å². The summed E-state index contributed by atoms with van der Waals surface area (Å²) in [7, 11) is 0. The number of rotatable bonds is 3. The van der Waals surface area contributed by atoms with E-state index in [0.29, 0.717) is 32.4 Å². The van der Waals surface area contributed by atoms with E-state index in [1.54, 1.807) is 11.8 Å². The number of nitrogens with zero attached hydrogens (tertiary/aromatic N) is 1. The zero-order valence-electron chi connectivity index (χ0n) is 10.7. The highest BCUT2D eigenvalue weighted by molar-refractivity contribution is 5.77. The number of aryl methyl sites for hydroxylation is 1. The summed E-state index contributed by atoms with van der Waals surface area (Å²) >= 11 is 0. The van der Waals surface area contributed by atoms with Gasteiger partial charge in [0.05, 0.1) is 5.60 Å². The van der Waals surface area contributed by atoms with E-state index in [1.807, 2.05) is 24.3 Å². The molecule has 98 valence electrons. The van der Waals surface area contributed by atoms with Gasteiger partial charge in [-0.05, 0) is 31.4 Å². The maximum absolute atomic E-state index is 12.0. The van der Waals surface area contributed by atoms with Crippen LogP contribution in [-0.4, -0.2) is 34.6 Å². The van der Waals surface area contributed by atoms with Crippen LogP contribution in [-0.2, 0) is 11.2 Å². The summed E-state index contributed by atoms with van der Waals surface area (Å²) < 4.78 is 0. The van der Waals surface area contributed by atoms with Crippen LogP contribution in [0.4, 0.5) is 5.69 Å². The smallest absolute Gasteiger partial charge is 0.223 e. The number of benzene rings is 1. The zero-order chi connectivity index (χ0) is 13.2. The van der Waals surface area contributed by atoms with E-state index in [0.717, 1.165) is 11.3 Å². The van der Waals surface area contributed by atoms with Crippen LogP contribution in [0.2, 0.25) is 0 Å². The Labute approximate surface area is 107 Å². The van der Waals surface area contributed by atoms with Gasteiger partial charge in [-0.3, -0.25) is 4.79 Å². The highest BCUT2D eigenvalue weighted by atomic mass is 16.3. The fraction of sp³-hybridized carbons (Fsp3) is 0.500. The van der Waals surface area contributed by atoms with E-state index in [9.17, 15) is 9.90 Å². The molecule has 1 aromatic rings. The van der Waals surface area contributed by atoms with Crippen LogP contribution in [0.25, 0.3) is 0 Å². The molecule has 0 aliphatic carbocycles. The molecule has 1 aliphatic heterocycles. The highest BCUT2D eigenvalue weighted by Crippen LogP contribution is 2.21. The molecule has 3 N–H and O–H groups in total. The normalized spacial score (nSPS) is 23.3. The zero-order valence-corrected chi connectivity index (χ0v) is 10.7. The molecule has 1 aromatic carbocycles. The number of hydrogen-bond donors (Lipinski definition) is 2. The van der Waals surface area contributed by atoms with E-state index in [4.69, 9.17) is 5.73 Å². The van der Waals surface area contributed by atoms with Crippen molar-refractivity contribution in [3.05, 3.63) is 29.8 Å². The fourth-order valence-electron chi connectivity index (χ4n) is 2.32. The molecule has 0 aromatic heterocycles. The molecule has 1 atom stereocenters. The van der Waals surface area contributed by atoms with Gasteiger partial charge in [0.1, 0.15) is 0 Å². The number of anilines is 1. The number of nitrogen functional groups attached to an aromatic ring is 1. The number of likely N-dealkylation sites (tertiary alicyclic amines) is 1. The number of carbonyl (C=O) groups is 1. The Bertz CT molecular complexity index is 443. The van der Waals surface area contributed by atoms with Gasteiger partial charge >= 0.3 is 0 Å². The SMILES string of the molecule is CC1(O)CCN(C(=O)CCc2ccccc2N)C1. The summed E-state index contributed by atoms with van der Waals surface area (Å²) in [6.45, 7) is 2.86. The first-order valence-electron chi connectivity index (χ1n) is 6.31.